The van der Waals surface area contributed by atoms with Gasteiger partial charge in [0, 0.05) is 18.5 Å². The van der Waals surface area contributed by atoms with Gasteiger partial charge in [0.2, 0.25) is 11.8 Å². The Bertz CT molecular complexity index is 789. The summed E-state index contributed by atoms with van der Waals surface area (Å²) in [6.45, 7) is 2.15. The minimum Gasteiger partial charge on any atom is -0.380 e. The van der Waals surface area contributed by atoms with Gasteiger partial charge in [0.1, 0.15) is 0 Å². The van der Waals surface area contributed by atoms with E-state index in [4.69, 9.17) is 10.6 Å². The Morgan fingerprint density at radius 3 is 2.52 bits per heavy atom. The van der Waals surface area contributed by atoms with Gasteiger partial charge in [-0.1, -0.05) is 41.1 Å². The van der Waals surface area contributed by atoms with Crippen molar-refractivity contribution < 1.29 is 19.2 Å². The Labute approximate surface area is 157 Å². The quantitative estimate of drug-likeness (QED) is 0.206. The number of allylic oxidation sites excluding steroid dienone is 2. The molecule has 2 aliphatic rings. The molecule has 2 amide bonds. The van der Waals surface area contributed by atoms with Crippen molar-refractivity contribution in [3.8, 4) is 0 Å². The van der Waals surface area contributed by atoms with Crippen LogP contribution in [0.2, 0.25) is 0 Å². The van der Waals surface area contributed by atoms with Crippen LogP contribution >= 0.6 is 0 Å². The first-order valence-corrected chi connectivity index (χ1v) is 9.08. The molecule has 2 atom stereocenters. The number of aryl methyl sites for hydroxylation is 1. The summed E-state index contributed by atoms with van der Waals surface area (Å²) in [4.78, 5) is 42.6. The number of likely N-dealkylation sites (tertiary alicyclic amines) is 1. The molecule has 0 radical (unpaired) electrons. The summed E-state index contributed by atoms with van der Waals surface area (Å²) in [5, 5.41) is 3.66. The third-order valence-electron chi connectivity index (χ3n) is 4.92. The van der Waals surface area contributed by atoms with Crippen molar-refractivity contribution in [3.63, 3.8) is 0 Å². The molecule has 142 valence electrons. The highest BCUT2D eigenvalue weighted by molar-refractivity contribution is 6.05. The van der Waals surface area contributed by atoms with E-state index in [1.54, 1.807) is 6.07 Å². The predicted molar refractivity (Wildman–Crippen MR) is 99.3 cm³/mol. The molecular weight excluding hydrogens is 346 g/mol. The molecule has 1 aromatic carbocycles. The molecule has 7 heteroatoms. The highest BCUT2D eigenvalue weighted by atomic mass is 16.7. The molecule has 7 nitrogen and oxygen atoms in total. The van der Waals surface area contributed by atoms with E-state index in [-0.39, 0.29) is 42.5 Å². The molecule has 2 N–H and O–H groups in total. The Hall–Kier alpha value is -2.96. The summed E-state index contributed by atoms with van der Waals surface area (Å²) >= 11 is 0. The number of nitrogens with two attached hydrogens (primary N) is 1. The highest BCUT2D eigenvalue weighted by Crippen LogP contribution is 2.35. The summed E-state index contributed by atoms with van der Waals surface area (Å²) in [5.41, 5.74) is 7.51. The molecule has 1 aliphatic carbocycles. The van der Waals surface area contributed by atoms with E-state index in [1.165, 1.54) is 4.90 Å². The molecule has 1 fully saturated rings. The van der Waals surface area contributed by atoms with Crippen LogP contribution in [0, 0.1) is 18.8 Å². The van der Waals surface area contributed by atoms with Crippen LogP contribution in [0.4, 0.5) is 0 Å². The van der Waals surface area contributed by atoms with Gasteiger partial charge in [0.05, 0.1) is 11.8 Å². The first kappa shape index (κ1) is 18.8. The Kier molecular flexibility index (Phi) is 5.69. The molecule has 0 bridgehead atoms. The molecular formula is C20H23N3O4. The van der Waals surface area contributed by atoms with E-state index in [0.717, 1.165) is 5.56 Å². The molecule has 1 aromatic rings. The van der Waals surface area contributed by atoms with Crippen molar-refractivity contribution in [1.82, 2.24) is 4.90 Å². The molecule has 27 heavy (non-hydrogen) atoms. The number of amidine groups is 1. The van der Waals surface area contributed by atoms with E-state index in [9.17, 15) is 14.4 Å². The maximum absolute atomic E-state index is 12.3. The van der Waals surface area contributed by atoms with Crippen LogP contribution < -0.4 is 5.73 Å². The second-order valence-corrected chi connectivity index (χ2v) is 6.90. The second kappa shape index (κ2) is 8.16. The van der Waals surface area contributed by atoms with Crippen molar-refractivity contribution in [1.29, 1.82) is 0 Å². The predicted octanol–water partition coefficient (Wildman–Crippen LogP) is 1.89. The highest BCUT2D eigenvalue weighted by Gasteiger charge is 2.46. The smallest absolute Gasteiger partial charge is 0.335 e. The van der Waals surface area contributed by atoms with Crippen LogP contribution in [-0.2, 0) is 19.2 Å². The molecule has 0 unspecified atom stereocenters. The summed E-state index contributed by atoms with van der Waals surface area (Å²) in [7, 11) is 0. The number of carbonyl (C=O) groups excluding carboxylic acids is 3. The minimum absolute atomic E-state index is 0.0508. The van der Waals surface area contributed by atoms with Crippen molar-refractivity contribution in [3.05, 3.63) is 47.5 Å². The fourth-order valence-electron chi connectivity index (χ4n) is 3.47. The zero-order valence-electron chi connectivity index (χ0n) is 15.3. The topological polar surface area (TPSA) is 102 Å². The third kappa shape index (κ3) is 4.24. The number of hydrogen-bond acceptors (Lipinski definition) is 5. The van der Waals surface area contributed by atoms with Crippen LogP contribution in [0.25, 0.3) is 0 Å². The van der Waals surface area contributed by atoms with E-state index in [2.05, 4.69) is 5.16 Å². The first-order valence-electron chi connectivity index (χ1n) is 9.08. The Balaban J connectivity index is 1.46. The second-order valence-electron chi connectivity index (χ2n) is 6.90. The van der Waals surface area contributed by atoms with E-state index < -0.39 is 5.97 Å². The lowest BCUT2D eigenvalue weighted by molar-refractivity contribution is -0.145. The van der Waals surface area contributed by atoms with E-state index >= 15 is 0 Å². The van der Waals surface area contributed by atoms with Gasteiger partial charge >= 0.3 is 5.97 Å². The van der Waals surface area contributed by atoms with Crippen LogP contribution in [0.15, 0.2) is 41.6 Å². The number of amides is 2. The monoisotopic (exact) mass is 369 g/mol. The average molecular weight is 369 g/mol. The largest absolute Gasteiger partial charge is 0.380 e. The molecule has 0 spiro atoms. The maximum Gasteiger partial charge on any atom is 0.335 e. The number of benzene rings is 1. The minimum atomic E-state index is -0.552. The van der Waals surface area contributed by atoms with Crippen molar-refractivity contribution in [2.45, 2.75) is 32.6 Å². The summed E-state index contributed by atoms with van der Waals surface area (Å²) in [5.74, 6) is -1.19. The number of hydrogen-bond donors (Lipinski definition) is 1. The standard InChI is InChI=1S/C20H23N3O4/c1-13-6-4-7-14(12-13)18(21)22-27-17(24)10-5-11-23-19(25)15-8-2-3-9-16(15)20(23)26/h2-4,6-7,12,15-16H,5,8-11H2,1H3,(H2,21,22)/t15-,16+. The van der Waals surface area contributed by atoms with Gasteiger partial charge in [-0.25, -0.2) is 4.79 Å². The number of oxime groups is 1. The lowest BCUT2D eigenvalue weighted by Crippen LogP contribution is -2.32. The SMILES string of the molecule is Cc1cccc(/C(N)=N/OC(=O)CCCN2C(=O)[C@H]3CC=CC[C@H]3C2=O)c1. The van der Waals surface area contributed by atoms with Gasteiger partial charge in [0.25, 0.3) is 0 Å². The maximum atomic E-state index is 12.3. The molecule has 1 saturated heterocycles. The van der Waals surface area contributed by atoms with E-state index in [1.807, 2.05) is 37.3 Å². The van der Waals surface area contributed by atoms with E-state index in [0.29, 0.717) is 24.8 Å². The lowest BCUT2D eigenvalue weighted by atomic mass is 9.85. The Morgan fingerprint density at radius 1 is 1.22 bits per heavy atom. The van der Waals surface area contributed by atoms with Gasteiger partial charge in [-0.3, -0.25) is 14.5 Å². The number of carbonyl (C=O) groups is 3. The average Bonchev–Trinajstić information content (AvgIpc) is 2.91. The molecule has 0 saturated carbocycles. The first-order chi connectivity index (χ1) is 13.0. The number of rotatable bonds is 6. The third-order valence-corrected chi connectivity index (χ3v) is 4.92. The van der Waals surface area contributed by atoms with Gasteiger partial charge in [-0.2, -0.15) is 0 Å². The van der Waals surface area contributed by atoms with Crippen LogP contribution in [0.3, 0.4) is 0 Å². The zero-order valence-corrected chi connectivity index (χ0v) is 15.3. The molecule has 1 heterocycles. The van der Waals surface area contributed by atoms with Gasteiger partial charge < -0.3 is 10.6 Å². The molecule has 1 aliphatic heterocycles. The van der Waals surface area contributed by atoms with Crippen LogP contribution in [0.1, 0.15) is 36.8 Å². The molecule has 3 rings (SSSR count). The summed E-state index contributed by atoms with van der Waals surface area (Å²) in [6.07, 6.45) is 5.51. The fourth-order valence-corrected chi connectivity index (χ4v) is 3.47. The normalized spacial score (nSPS) is 22.1. The van der Waals surface area contributed by atoms with Gasteiger partial charge in [0.15, 0.2) is 5.84 Å². The molecule has 0 aromatic heterocycles. The van der Waals surface area contributed by atoms with Crippen LogP contribution in [-0.4, -0.2) is 35.1 Å². The summed E-state index contributed by atoms with van der Waals surface area (Å²) < 4.78 is 0. The van der Waals surface area contributed by atoms with Crippen molar-refractivity contribution >= 4 is 23.6 Å². The fraction of sp³-hybridized carbons (Fsp3) is 0.400. The Morgan fingerprint density at radius 2 is 1.89 bits per heavy atom. The number of fused-ring (bicyclic) bond motifs is 1. The number of imide groups is 1. The summed E-state index contributed by atoms with van der Waals surface area (Å²) in [6, 6.07) is 7.38. The van der Waals surface area contributed by atoms with Crippen LogP contribution in [0.5, 0.6) is 0 Å². The van der Waals surface area contributed by atoms with Gasteiger partial charge in [-0.15, -0.1) is 0 Å². The lowest BCUT2D eigenvalue weighted by Gasteiger charge is -2.14. The zero-order chi connectivity index (χ0) is 19.4. The van der Waals surface area contributed by atoms with Gasteiger partial charge in [-0.05, 0) is 32.3 Å². The van der Waals surface area contributed by atoms with Crippen molar-refractivity contribution in [2.24, 2.45) is 22.7 Å². The number of nitrogens with zero attached hydrogens (tertiary/aromatic N) is 2. The van der Waals surface area contributed by atoms with Crippen molar-refractivity contribution in [2.75, 3.05) is 6.54 Å².